The van der Waals surface area contributed by atoms with Crippen molar-refractivity contribution < 1.29 is 0 Å². The van der Waals surface area contributed by atoms with Crippen LogP contribution in [-0.4, -0.2) is 9.78 Å². The summed E-state index contributed by atoms with van der Waals surface area (Å²) in [4.78, 5) is 2.81. The Labute approximate surface area is 133 Å². The highest BCUT2D eigenvalue weighted by molar-refractivity contribution is 7.10. The molecule has 0 aliphatic carbocycles. The van der Waals surface area contributed by atoms with Crippen LogP contribution in [-0.2, 0) is 20.0 Å². The van der Waals surface area contributed by atoms with Gasteiger partial charge in [-0.1, -0.05) is 12.1 Å². The van der Waals surface area contributed by atoms with Gasteiger partial charge >= 0.3 is 0 Å². The van der Waals surface area contributed by atoms with Crippen molar-refractivity contribution in [3.8, 4) is 0 Å². The van der Waals surface area contributed by atoms with Crippen LogP contribution in [0, 0.1) is 6.92 Å². The molecule has 3 heterocycles. The van der Waals surface area contributed by atoms with Gasteiger partial charge in [-0.25, -0.2) is 0 Å². The Balaban J connectivity index is 1.72. The fourth-order valence-corrected chi connectivity index (χ4v) is 3.90. The zero-order chi connectivity index (χ0) is 14.7. The predicted octanol–water partition coefficient (Wildman–Crippen LogP) is 3.93. The Morgan fingerprint density at radius 1 is 1.24 bits per heavy atom. The second-order valence-electron chi connectivity index (χ2n) is 5.11. The SMILES string of the molecule is Cc1c(CNC(Cc2cccs2)c2cccs2)cnn1C. The maximum absolute atomic E-state index is 4.31. The van der Waals surface area contributed by atoms with Crippen molar-refractivity contribution in [3.05, 3.63) is 62.2 Å². The smallest absolute Gasteiger partial charge is 0.0537 e. The fourth-order valence-electron chi connectivity index (χ4n) is 2.34. The summed E-state index contributed by atoms with van der Waals surface area (Å²) in [6.07, 6.45) is 3.00. The molecule has 1 atom stereocenters. The van der Waals surface area contributed by atoms with E-state index in [-0.39, 0.29) is 0 Å². The molecule has 1 N–H and O–H groups in total. The third-order valence-electron chi connectivity index (χ3n) is 3.75. The minimum Gasteiger partial charge on any atom is -0.305 e. The van der Waals surface area contributed by atoms with Crippen LogP contribution in [0.2, 0.25) is 0 Å². The number of aromatic nitrogens is 2. The molecule has 3 aromatic rings. The topological polar surface area (TPSA) is 29.9 Å². The van der Waals surface area contributed by atoms with E-state index < -0.39 is 0 Å². The molecule has 3 nitrogen and oxygen atoms in total. The van der Waals surface area contributed by atoms with Crippen LogP contribution in [0.5, 0.6) is 0 Å². The zero-order valence-electron chi connectivity index (χ0n) is 12.2. The molecular weight excluding hydrogens is 298 g/mol. The lowest BCUT2D eigenvalue weighted by atomic mass is 10.1. The first-order chi connectivity index (χ1) is 10.2. The number of hydrogen-bond acceptors (Lipinski definition) is 4. The van der Waals surface area contributed by atoms with E-state index in [1.807, 2.05) is 40.6 Å². The van der Waals surface area contributed by atoms with Crippen molar-refractivity contribution in [2.75, 3.05) is 0 Å². The van der Waals surface area contributed by atoms with Crippen molar-refractivity contribution >= 4 is 22.7 Å². The van der Waals surface area contributed by atoms with Gasteiger partial charge in [-0.05, 0) is 29.8 Å². The van der Waals surface area contributed by atoms with Crippen LogP contribution in [0.3, 0.4) is 0 Å². The summed E-state index contributed by atoms with van der Waals surface area (Å²) < 4.78 is 1.93. The number of nitrogens with one attached hydrogen (secondary N) is 1. The number of rotatable bonds is 6. The van der Waals surface area contributed by atoms with Gasteiger partial charge in [-0.2, -0.15) is 5.10 Å². The standard InChI is InChI=1S/C16H19N3S2/c1-12-13(11-18-19(12)2)10-17-15(16-6-4-8-21-16)9-14-5-3-7-20-14/h3-8,11,15,17H,9-10H2,1-2H3. The summed E-state index contributed by atoms with van der Waals surface area (Å²) in [5.41, 5.74) is 2.49. The average molecular weight is 317 g/mol. The number of aryl methyl sites for hydroxylation is 1. The molecule has 0 saturated heterocycles. The molecule has 0 amide bonds. The minimum atomic E-state index is 0.364. The molecule has 0 radical (unpaired) electrons. The van der Waals surface area contributed by atoms with E-state index in [0.717, 1.165) is 13.0 Å². The Morgan fingerprint density at radius 2 is 2.05 bits per heavy atom. The first-order valence-electron chi connectivity index (χ1n) is 7.00. The molecule has 0 bridgehead atoms. The first kappa shape index (κ1) is 14.5. The quantitative estimate of drug-likeness (QED) is 0.746. The van der Waals surface area contributed by atoms with Crippen LogP contribution < -0.4 is 5.32 Å². The fraction of sp³-hybridized carbons (Fsp3) is 0.312. The highest BCUT2D eigenvalue weighted by atomic mass is 32.1. The Morgan fingerprint density at radius 3 is 2.67 bits per heavy atom. The molecule has 21 heavy (non-hydrogen) atoms. The summed E-state index contributed by atoms with van der Waals surface area (Å²) in [5.74, 6) is 0. The van der Waals surface area contributed by atoms with E-state index in [4.69, 9.17) is 0 Å². The average Bonchev–Trinajstić information content (AvgIpc) is 3.21. The van der Waals surface area contributed by atoms with Crippen molar-refractivity contribution in [2.45, 2.75) is 25.9 Å². The van der Waals surface area contributed by atoms with Crippen molar-refractivity contribution in [1.29, 1.82) is 0 Å². The first-order valence-corrected chi connectivity index (χ1v) is 8.76. The number of hydrogen-bond donors (Lipinski definition) is 1. The Kier molecular flexibility index (Phi) is 4.53. The molecule has 110 valence electrons. The van der Waals surface area contributed by atoms with Crippen LogP contribution in [0.4, 0.5) is 0 Å². The summed E-state index contributed by atoms with van der Waals surface area (Å²) in [5, 5.41) is 12.3. The monoisotopic (exact) mass is 317 g/mol. The molecular formula is C16H19N3S2. The van der Waals surface area contributed by atoms with Crippen LogP contribution in [0.1, 0.15) is 27.1 Å². The van der Waals surface area contributed by atoms with Gasteiger partial charge in [0, 0.05) is 47.1 Å². The van der Waals surface area contributed by atoms with E-state index in [2.05, 4.69) is 52.4 Å². The molecule has 0 aromatic carbocycles. The second kappa shape index (κ2) is 6.56. The highest BCUT2D eigenvalue weighted by Gasteiger charge is 2.14. The van der Waals surface area contributed by atoms with E-state index in [1.165, 1.54) is 21.0 Å². The lowest BCUT2D eigenvalue weighted by Gasteiger charge is -2.17. The Bertz CT molecular complexity index is 669. The molecule has 0 aliphatic rings. The van der Waals surface area contributed by atoms with Gasteiger partial charge in [0.05, 0.1) is 6.20 Å². The lowest BCUT2D eigenvalue weighted by molar-refractivity contribution is 0.540. The maximum atomic E-state index is 4.31. The number of thiophene rings is 2. The van der Waals surface area contributed by atoms with Crippen molar-refractivity contribution in [3.63, 3.8) is 0 Å². The van der Waals surface area contributed by atoms with Gasteiger partial charge in [-0.3, -0.25) is 4.68 Å². The predicted molar refractivity (Wildman–Crippen MR) is 89.9 cm³/mol. The maximum Gasteiger partial charge on any atom is 0.0537 e. The molecule has 1 unspecified atom stereocenters. The molecule has 5 heteroatoms. The van der Waals surface area contributed by atoms with Crippen LogP contribution in [0.25, 0.3) is 0 Å². The molecule has 0 spiro atoms. The van der Waals surface area contributed by atoms with Crippen molar-refractivity contribution in [1.82, 2.24) is 15.1 Å². The van der Waals surface area contributed by atoms with Crippen molar-refractivity contribution in [2.24, 2.45) is 7.05 Å². The third-order valence-corrected chi connectivity index (χ3v) is 5.63. The molecule has 0 aliphatic heterocycles. The third kappa shape index (κ3) is 3.43. The van der Waals surface area contributed by atoms with E-state index in [1.54, 1.807) is 0 Å². The lowest BCUT2D eigenvalue weighted by Crippen LogP contribution is -2.22. The van der Waals surface area contributed by atoms with Gasteiger partial charge < -0.3 is 5.32 Å². The summed E-state index contributed by atoms with van der Waals surface area (Å²) >= 11 is 3.64. The van der Waals surface area contributed by atoms with Gasteiger partial charge in [0.25, 0.3) is 0 Å². The van der Waals surface area contributed by atoms with Crippen LogP contribution in [0.15, 0.2) is 41.2 Å². The minimum absolute atomic E-state index is 0.364. The molecule has 0 fully saturated rings. The summed E-state index contributed by atoms with van der Waals surface area (Å²) in [7, 11) is 1.99. The summed E-state index contributed by atoms with van der Waals surface area (Å²) in [6.45, 7) is 2.97. The van der Waals surface area contributed by atoms with E-state index in [9.17, 15) is 0 Å². The van der Waals surface area contributed by atoms with Gasteiger partial charge in [0.2, 0.25) is 0 Å². The molecule has 0 saturated carbocycles. The van der Waals surface area contributed by atoms with Crippen LogP contribution >= 0.6 is 22.7 Å². The van der Waals surface area contributed by atoms with Gasteiger partial charge in [-0.15, -0.1) is 22.7 Å². The Hall–Kier alpha value is -1.43. The van der Waals surface area contributed by atoms with Gasteiger partial charge in [0.15, 0.2) is 0 Å². The van der Waals surface area contributed by atoms with E-state index in [0.29, 0.717) is 6.04 Å². The largest absolute Gasteiger partial charge is 0.305 e. The number of nitrogens with zero attached hydrogens (tertiary/aromatic N) is 2. The zero-order valence-corrected chi connectivity index (χ0v) is 13.9. The molecule has 3 aromatic heterocycles. The normalized spacial score (nSPS) is 12.7. The van der Waals surface area contributed by atoms with E-state index >= 15 is 0 Å². The van der Waals surface area contributed by atoms with Gasteiger partial charge in [0.1, 0.15) is 0 Å². The highest BCUT2D eigenvalue weighted by Crippen LogP contribution is 2.25. The summed E-state index contributed by atoms with van der Waals surface area (Å²) in [6, 6.07) is 9.03. The molecule has 3 rings (SSSR count). The second-order valence-corrected chi connectivity index (χ2v) is 7.12.